The highest BCUT2D eigenvalue weighted by molar-refractivity contribution is 7.91. The molecule has 0 aromatic heterocycles. The van der Waals surface area contributed by atoms with Crippen LogP contribution in [0.15, 0.2) is 0 Å². The molecule has 1 aliphatic heterocycles. The van der Waals surface area contributed by atoms with Gasteiger partial charge < -0.3 is 0 Å². The van der Waals surface area contributed by atoms with Gasteiger partial charge in [-0.1, -0.05) is 19.3 Å². The van der Waals surface area contributed by atoms with Crippen LogP contribution >= 0.6 is 0 Å². The molecule has 5 nitrogen and oxygen atoms in total. The van der Waals surface area contributed by atoms with Crippen molar-refractivity contribution in [2.45, 2.75) is 44.6 Å². The fourth-order valence-electron chi connectivity index (χ4n) is 3.21. The van der Waals surface area contributed by atoms with Gasteiger partial charge in [0.05, 0.1) is 17.5 Å². The Hall–Kier alpha value is -0.620. The van der Waals surface area contributed by atoms with Gasteiger partial charge in [-0.25, -0.2) is 13.4 Å². The summed E-state index contributed by atoms with van der Waals surface area (Å²) in [5.41, 5.74) is 0. The molecule has 1 saturated heterocycles. The van der Waals surface area contributed by atoms with Crippen molar-refractivity contribution in [2.24, 2.45) is 5.92 Å². The fourth-order valence-corrected chi connectivity index (χ4v) is 4.90. The van der Waals surface area contributed by atoms with E-state index in [-0.39, 0.29) is 29.4 Å². The zero-order valence-electron chi connectivity index (χ0n) is 11.8. The van der Waals surface area contributed by atoms with E-state index in [0.29, 0.717) is 6.42 Å². The molecule has 2 aliphatic rings. The smallest absolute Gasteiger partial charge is 0.240 e. The van der Waals surface area contributed by atoms with Crippen LogP contribution in [0.1, 0.15) is 38.5 Å². The summed E-state index contributed by atoms with van der Waals surface area (Å²) < 4.78 is 23.2. The van der Waals surface area contributed by atoms with Crippen LogP contribution in [0, 0.1) is 5.92 Å². The predicted octanol–water partition coefficient (Wildman–Crippen LogP) is 1.06. The second kappa shape index (κ2) is 5.79. The summed E-state index contributed by atoms with van der Waals surface area (Å²) in [6.45, 7) is 0. The molecule has 0 aromatic rings. The van der Waals surface area contributed by atoms with E-state index in [1.54, 1.807) is 10.0 Å². The lowest BCUT2D eigenvalue weighted by atomic mass is 9.88. The van der Waals surface area contributed by atoms with E-state index in [1.165, 1.54) is 6.42 Å². The lowest BCUT2D eigenvalue weighted by Gasteiger charge is -2.37. The van der Waals surface area contributed by atoms with E-state index in [9.17, 15) is 13.2 Å². The number of carbonyl (C=O) groups is 1. The molecule has 6 heteroatoms. The molecule has 19 heavy (non-hydrogen) atoms. The van der Waals surface area contributed by atoms with E-state index in [4.69, 9.17) is 0 Å². The molecule has 0 radical (unpaired) electrons. The van der Waals surface area contributed by atoms with Gasteiger partial charge in [-0.15, -0.1) is 0 Å². The first kappa shape index (κ1) is 14.8. The molecule has 2 fully saturated rings. The molecule has 2 rings (SSSR count). The number of hydrogen-bond donors (Lipinski definition) is 0. The van der Waals surface area contributed by atoms with Crippen LogP contribution in [-0.4, -0.2) is 56.0 Å². The molecule has 1 heterocycles. The zero-order valence-corrected chi connectivity index (χ0v) is 12.7. The molecule has 1 amide bonds. The summed E-state index contributed by atoms with van der Waals surface area (Å²) in [4.78, 5) is 12.6. The van der Waals surface area contributed by atoms with Gasteiger partial charge in [-0.3, -0.25) is 9.80 Å². The van der Waals surface area contributed by atoms with Gasteiger partial charge >= 0.3 is 0 Å². The Bertz CT molecular complexity index is 427. The Balaban J connectivity index is 2.09. The van der Waals surface area contributed by atoms with Gasteiger partial charge in [-0.05, 0) is 19.3 Å². The molecule has 0 N–H and O–H groups in total. The van der Waals surface area contributed by atoms with Crippen LogP contribution < -0.4 is 0 Å². The Morgan fingerprint density at radius 2 is 1.68 bits per heavy atom. The zero-order chi connectivity index (χ0) is 14.0. The maximum atomic E-state index is 12.6. The first-order valence-electron chi connectivity index (χ1n) is 7.11. The molecule has 110 valence electrons. The predicted molar refractivity (Wildman–Crippen MR) is 74.2 cm³/mol. The first-order chi connectivity index (χ1) is 8.91. The third-order valence-corrected chi connectivity index (χ3v) is 5.92. The number of rotatable bonds is 3. The largest absolute Gasteiger partial charge is 0.273 e. The van der Waals surface area contributed by atoms with Crippen molar-refractivity contribution in [3.63, 3.8) is 0 Å². The fraction of sp³-hybridized carbons (Fsp3) is 0.923. The molecule has 0 aromatic carbocycles. The average molecular weight is 288 g/mol. The molecular formula is C13H24N2O3S. The summed E-state index contributed by atoms with van der Waals surface area (Å²) in [6.07, 6.45) is 5.90. The second-order valence-corrected chi connectivity index (χ2v) is 8.15. The van der Waals surface area contributed by atoms with Crippen LogP contribution in [-0.2, 0) is 14.6 Å². The third-order valence-electron chi connectivity index (χ3n) is 4.17. The number of sulfone groups is 1. The van der Waals surface area contributed by atoms with E-state index < -0.39 is 9.84 Å². The van der Waals surface area contributed by atoms with Crippen molar-refractivity contribution in [3.05, 3.63) is 0 Å². The highest BCUT2D eigenvalue weighted by Crippen LogP contribution is 2.28. The molecule has 1 saturated carbocycles. The van der Waals surface area contributed by atoms with Crippen LogP contribution in [0.3, 0.4) is 0 Å². The van der Waals surface area contributed by atoms with E-state index >= 15 is 0 Å². The topological polar surface area (TPSA) is 57.7 Å². The van der Waals surface area contributed by atoms with Gasteiger partial charge in [0.15, 0.2) is 9.84 Å². The quantitative estimate of drug-likeness (QED) is 0.729. The van der Waals surface area contributed by atoms with Gasteiger partial charge in [0, 0.05) is 20.0 Å². The van der Waals surface area contributed by atoms with E-state index in [2.05, 4.69) is 0 Å². The van der Waals surface area contributed by atoms with Crippen LogP contribution in [0.25, 0.3) is 0 Å². The third kappa shape index (κ3) is 3.48. The number of nitrogens with zero attached hydrogens (tertiary/aromatic N) is 2. The maximum Gasteiger partial charge on any atom is 0.240 e. The average Bonchev–Trinajstić information content (AvgIpc) is 2.70. The molecule has 0 spiro atoms. The SMILES string of the molecule is CN(C)N(C(=O)C1CCCCC1)C1CCS(=O)(=O)C1. The summed E-state index contributed by atoms with van der Waals surface area (Å²) in [5.74, 6) is 0.523. The number of carbonyl (C=O) groups excluding carboxylic acids is 1. The van der Waals surface area contributed by atoms with Crippen molar-refractivity contribution < 1.29 is 13.2 Å². The Kier molecular flexibility index (Phi) is 4.50. The van der Waals surface area contributed by atoms with Gasteiger partial charge in [0.25, 0.3) is 0 Å². The normalized spacial score (nSPS) is 27.6. The highest BCUT2D eigenvalue weighted by Gasteiger charge is 2.38. The second-order valence-electron chi connectivity index (χ2n) is 5.92. The van der Waals surface area contributed by atoms with Gasteiger partial charge in [0.1, 0.15) is 0 Å². The number of hydrazine groups is 1. The van der Waals surface area contributed by atoms with Crippen LogP contribution in [0.5, 0.6) is 0 Å². The number of hydrogen-bond acceptors (Lipinski definition) is 4. The van der Waals surface area contributed by atoms with Gasteiger partial charge in [-0.2, -0.15) is 0 Å². The van der Waals surface area contributed by atoms with Crippen molar-refractivity contribution in [2.75, 3.05) is 25.6 Å². The minimum atomic E-state index is -2.96. The lowest BCUT2D eigenvalue weighted by molar-refractivity contribution is -0.154. The standard InChI is InChI=1S/C13H24N2O3S/c1-14(2)15(12-8-9-19(17,18)10-12)13(16)11-6-4-3-5-7-11/h11-12H,3-10H2,1-2H3. The van der Waals surface area contributed by atoms with Crippen molar-refractivity contribution >= 4 is 15.7 Å². The Morgan fingerprint density at radius 1 is 1.05 bits per heavy atom. The van der Waals surface area contributed by atoms with E-state index in [1.807, 2.05) is 14.1 Å². The van der Waals surface area contributed by atoms with Crippen LogP contribution in [0.2, 0.25) is 0 Å². The summed E-state index contributed by atoms with van der Waals surface area (Å²) in [5, 5.41) is 3.46. The highest BCUT2D eigenvalue weighted by atomic mass is 32.2. The van der Waals surface area contributed by atoms with Crippen molar-refractivity contribution in [1.29, 1.82) is 0 Å². The van der Waals surface area contributed by atoms with Gasteiger partial charge in [0.2, 0.25) is 5.91 Å². The lowest BCUT2D eigenvalue weighted by Crippen LogP contribution is -2.51. The molecule has 1 atom stereocenters. The Morgan fingerprint density at radius 3 is 2.16 bits per heavy atom. The van der Waals surface area contributed by atoms with Crippen molar-refractivity contribution in [3.8, 4) is 0 Å². The number of amides is 1. The molecule has 0 bridgehead atoms. The van der Waals surface area contributed by atoms with E-state index in [0.717, 1.165) is 25.7 Å². The first-order valence-corrected chi connectivity index (χ1v) is 8.93. The molecular weight excluding hydrogens is 264 g/mol. The maximum absolute atomic E-state index is 12.6. The van der Waals surface area contributed by atoms with Crippen LogP contribution in [0.4, 0.5) is 0 Å². The minimum Gasteiger partial charge on any atom is -0.273 e. The minimum absolute atomic E-state index is 0.0828. The summed E-state index contributed by atoms with van der Waals surface area (Å²) in [7, 11) is 0.691. The Labute approximate surface area is 115 Å². The molecule has 1 aliphatic carbocycles. The summed E-state index contributed by atoms with van der Waals surface area (Å²) >= 11 is 0. The van der Waals surface area contributed by atoms with Crippen molar-refractivity contribution in [1.82, 2.24) is 10.0 Å². The molecule has 1 unspecified atom stereocenters. The monoisotopic (exact) mass is 288 g/mol. The summed E-state index contributed by atoms with van der Waals surface area (Å²) in [6, 6.07) is -0.172.